The minimum absolute atomic E-state index is 0.131. The van der Waals surface area contributed by atoms with E-state index in [1.165, 1.54) is 13.3 Å². The third kappa shape index (κ3) is 2.76. The van der Waals surface area contributed by atoms with E-state index in [2.05, 4.69) is 15.6 Å². The van der Waals surface area contributed by atoms with Crippen LogP contribution in [0.3, 0.4) is 0 Å². The van der Waals surface area contributed by atoms with Gasteiger partial charge in [-0.1, -0.05) is 18.2 Å². The summed E-state index contributed by atoms with van der Waals surface area (Å²) in [6, 6.07) is 10.7. The van der Waals surface area contributed by atoms with Crippen LogP contribution in [-0.4, -0.2) is 23.9 Å². The molecule has 2 heterocycles. The molecule has 6 heteroatoms. The molecule has 2 N–H and O–H groups in total. The Morgan fingerprint density at radius 1 is 1.32 bits per heavy atom. The van der Waals surface area contributed by atoms with E-state index in [0.717, 1.165) is 5.56 Å². The monoisotopic (exact) mass is 297 g/mol. The van der Waals surface area contributed by atoms with Gasteiger partial charge in [0.15, 0.2) is 0 Å². The zero-order valence-corrected chi connectivity index (χ0v) is 12.0. The van der Waals surface area contributed by atoms with Crippen LogP contribution in [0, 0.1) is 0 Å². The molecular formula is C16H15N3O3. The molecule has 0 saturated carbocycles. The summed E-state index contributed by atoms with van der Waals surface area (Å²) in [5.41, 5.74) is 2.07. The van der Waals surface area contributed by atoms with E-state index in [1.54, 1.807) is 18.2 Å². The van der Waals surface area contributed by atoms with Crippen molar-refractivity contribution in [2.24, 2.45) is 0 Å². The van der Waals surface area contributed by atoms with Crippen molar-refractivity contribution in [1.82, 2.24) is 4.98 Å². The smallest absolute Gasteiger partial charge is 0.232 e. The number of nitrogens with zero attached hydrogens (tertiary/aromatic N) is 1. The van der Waals surface area contributed by atoms with Gasteiger partial charge in [-0.3, -0.25) is 9.59 Å². The van der Waals surface area contributed by atoms with Crippen molar-refractivity contribution in [3.63, 3.8) is 0 Å². The number of anilines is 2. The van der Waals surface area contributed by atoms with Crippen molar-refractivity contribution in [1.29, 1.82) is 0 Å². The van der Waals surface area contributed by atoms with Crippen LogP contribution in [0.2, 0.25) is 0 Å². The van der Waals surface area contributed by atoms with E-state index >= 15 is 0 Å². The van der Waals surface area contributed by atoms with Crippen LogP contribution in [0.4, 0.5) is 11.4 Å². The van der Waals surface area contributed by atoms with E-state index in [4.69, 9.17) is 4.74 Å². The number of fused-ring (bicyclic) bond motifs is 1. The highest BCUT2D eigenvalue weighted by atomic mass is 16.5. The van der Waals surface area contributed by atoms with Crippen LogP contribution >= 0.6 is 0 Å². The second-order valence-electron chi connectivity index (χ2n) is 4.97. The normalized spacial score (nSPS) is 16.4. The molecule has 0 spiro atoms. The first-order chi connectivity index (χ1) is 10.7. The van der Waals surface area contributed by atoms with Crippen LogP contribution in [-0.2, 0) is 9.59 Å². The van der Waals surface area contributed by atoms with Crippen LogP contribution < -0.4 is 15.4 Å². The van der Waals surface area contributed by atoms with Gasteiger partial charge >= 0.3 is 0 Å². The van der Waals surface area contributed by atoms with Gasteiger partial charge in [0.25, 0.3) is 0 Å². The molecule has 0 radical (unpaired) electrons. The number of para-hydroxylation sites is 1. The van der Waals surface area contributed by atoms with Gasteiger partial charge in [0, 0.05) is 18.2 Å². The third-order valence-electron chi connectivity index (χ3n) is 3.53. The molecule has 0 fully saturated rings. The molecule has 6 nitrogen and oxygen atoms in total. The van der Waals surface area contributed by atoms with Crippen LogP contribution in [0.25, 0.3) is 0 Å². The summed E-state index contributed by atoms with van der Waals surface area (Å²) in [6.07, 6.45) is 1.65. The van der Waals surface area contributed by atoms with E-state index < -0.39 is 5.92 Å². The van der Waals surface area contributed by atoms with Gasteiger partial charge in [-0.2, -0.15) is 0 Å². The van der Waals surface area contributed by atoms with Crippen LogP contribution in [0.1, 0.15) is 17.9 Å². The van der Waals surface area contributed by atoms with E-state index in [1.807, 2.05) is 18.2 Å². The molecule has 0 bridgehead atoms. The number of methoxy groups -OCH3 is 1. The fourth-order valence-corrected chi connectivity index (χ4v) is 2.45. The highest BCUT2D eigenvalue weighted by Crippen LogP contribution is 2.32. The van der Waals surface area contributed by atoms with Crippen molar-refractivity contribution in [3.05, 3.63) is 48.2 Å². The quantitative estimate of drug-likeness (QED) is 0.909. The van der Waals surface area contributed by atoms with Crippen molar-refractivity contribution >= 4 is 23.2 Å². The maximum absolute atomic E-state index is 12.5. The molecule has 1 atom stereocenters. The van der Waals surface area contributed by atoms with Gasteiger partial charge < -0.3 is 15.4 Å². The van der Waals surface area contributed by atoms with E-state index in [0.29, 0.717) is 17.3 Å². The number of nitrogens with one attached hydrogen (secondary N) is 2. The predicted octanol–water partition coefficient (Wildman–Crippen LogP) is 2.15. The second kappa shape index (κ2) is 5.85. The number of carbonyl (C=O) groups excluding carboxylic acids is 2. The maximum atomic E-state index is 12.5. The Morgan fingerprint density at radius 2 is 2.14 bits per heavy atom. The number of aromatic nitrogens is 1. The minimum Gasteiger partial charge on any atom is -0.481 e. The molecule has 1 aromatic carbocycles. The lowest BCUT2D eigenvalue weighted by Crippen LogP contribution is -2.30. The maximum Gasteiger partial charge on any atom is 0.232 e. The number of ether oxygens (including phenoxy) is 1. The summed E-state index contributed by atoms with van der Waals surface area (Å²) in [6.45, 7) is 0. The lowest BCUT2D eigenvalue weighted by atomic mass is 9.90. The molecule has 22 heavy (non-hydrogen) atoms. The molecule has 1 aliphatic rings. The van der Waals surface area contributed by atoms with Gasteiger partial charge in [0.05, 0.1) is 24.9 Å². The van der Waals surface area contributed by atoms with Crippen molar-refractivity contribution in [3.8, 4) is 5.88 Å². The summed E-state index contributed by atoms with van der Waals surface area (Å²) in [4.78, 5) is 28.3. The van der Waals surface area contributed by atoms with Gasteiger partial charge in [0.1, 0.15) is 0 Å². The minimum atomic E-state index is -0.507. The van der Waals surface area contributed by atoms with Crippen molar-refractivity contribution in [2.45, 2.75) is 12.3 Å². The summed E-state index contributed by atoms with van der Waals surface area (Å²) in [7, 11) is 1.53. The summed E-state index contributed by atoms with van der Waals surface area (Å²) < 4.78 is 4.97. The Kier molecular flexibility index (Phi) is 3.74. The van der Waals surface area contributed by atoms with Gasteiger partial charge in [-0.05, 0) is 17.7 Å². The lowest BCUT2D eigenvalue weighted by molar-refractivity contribution is -0.123. The average Bonchev–Trinajstić information content (AvgIpc) is 2.54. The van der Waals surface area contributed by atoms with Crippen molar-refractivity contribution < 1.29 is 14.3 Å². The molecule has 112 valence electrons. The highest BCUT2D eigenvalue weighted by molar-refractivity contribution is 6.05. The molecular weight excluding hydrogens is 282 g/mol. The molecule has 0 aliphatic carbocycles. The number of benzene rings is 1. The Hall–Kier alpha value is -2.89. The van der Waals surface area contributed by atoms with Gasteiger partial charge in [0.2, 0.25) is 17.7 Å². The van der Waals surface area contributed by atoms with Gasteiger partial charge in [-0.25, -0.2) is 4.98 Å². The topological polar surface area (TPSA) is 80.3 Å². The Bertz CT molecular complexity index is 713. The second-order valence-corrected chi connectivity index (χ2v) is 4.97. The van der Waals surface area contributed by atoms with Gasteiger partial charge in [-0.15, -0.1) is 0 Å². The largest absolute Gasteiger partial charge is 0.481 e. The molecule has 1 aromatic heterocycles. The first-order valence-corrected chi connectivity index (χ1v) is 6.87. The zero-order valence-electron chi connectivity index (χ0n) is 12.0. The fraction of sp³-hybridized carbons (Fsp3) is 0.188. The Morgan fingerprint density at radius 3 is 2.86 bits per heavy atom. The first kappa shape index (κ1) is 14.1. The number of pyridine rings is 1. The number of carbonyl (C=O) groups is 2. The number of rotatable bonds is 3. The summed E-state index contributed by atoms with van der Waals surface area (Å²) >= 11 is 0. The number of hydrogen-bond acceptors (Lipinski definition) is 4. The lowest BCUT2D eigenvalue weighted by Gasteiger charge is -2.24. The average molecular weight is 297 g/mol. The molecule has 1 aliphatic heterocycles. The molecule has 0 saturated heterocycles. The van der Waals surface area contributed by atoms with Crippen LogP contribution in [0.15, 0.2) is 42.6 Å². The Labute approximate surface area is 127 Å². The molecule has 3 rings (SSSR count). The molecule has 2 aromatic rings. The summed E-state index contributed by atoms with van der Waals surface area (Å²) in [5, 5.41) is 5.56. The standard InChI is InChI=1S/C16H15N3O3/c1-22-15-7-6-10(9-17-15)18-16(21)12-8-14(20)19-13-5-3-2-4-11(12)13/h2-7,9,12H,8H2,1H3,(H,18,21)(H,19,20)/t12-/m0/s1. The predicted molar refractivity (Wildman–Crippen MR) is 81.8 cm³/mol. The summed E-state index contributed by atoms with van der Waals surface area (Å²) in [5.74, 6) is -0.423. The van der Waals surface area contributed by atoms with E-state index in [-0.39, 0.29) is 18.2 Å². The van der Waals surface area contributed by atoms with Crippen LogP contribution in [0.5, 0.6) is 5.88 Å². The highest BCUT2D eigenvalue weighted by Gasteiger charge is 2.30. The van der Waals surface area contributed by atoms with E-state index in [9.17, 15) is 9.59 Å². The third-order valence-corrected chi connectivity index (χ3v) is 3.53. The number of amides is 2. The fourth-order valence-electron chi connectivity index (χ4n) is 2.45. The SMILES string of the molecule is COc1ccc(NC(=O)[C@H]2CC(=O)Nc3ccccc32)cn1. The Balaban J connectivity index is 1.81. The first-order valence-electron chi connectivity index (χ1n) is 6.87. The number of hydrogen-bond donors (Lipinski definition) is 2. The molecule has 0 unspecified atom stereocenters. The molecule has 2 amide bonds. The van der Waals surface area contributed by atoms with Crippen molar-refractivity contribution in [2.75, 3.05) is 17.7 Å². The zero-order chi connectivity index (χ0) is 15.5.